The number of carbonyl (C=O) groups is 2. The first kappa shape index (κ1) is 19.6. The van der Waals surface area contributed by atoms with Gasteiger partial charge in [0, 0.05) is 19.8 Å². The van der Waals surface area contributed by atoms with Gasteiger partial charge in [-0.25, -0.2) is 9.97 Å². The summed E-state index contributed by atoms with van der Waals surface area (Å²) >= 11 is 8.81. The van der Waals surface area contributed by atoms with Crippen molar-refractivity contribution in [2.45, 2.75) is 12.1 Å². The van der Waals surface area contributed by atoms with Crippen molar-refractivity contribution in [2.24, 2.45) is 0 Å². The Kier molecular flexibility index (Phi) is 5.98. The van der Waals surface area contributed by atoms with Gasteiger partial charge in [0.15, 0.2) is 5.16 Å². The van der Waals surface area contributed by atoms with Crippen LogP contribution in [0.5, 0.6) is 0 Å². The maximum absolute atomic E-state index is 12.3. The molecule has 0 saturated heterocycles. The molecule has 2 heterocycles. The maximum atomic E-state index is 12.3. The molecule has 0 fully saturated rings. The van der Waals surface area contributed by atoms with Crippen LogP contribution >= 0.6 is 34.7 Å². The number of para-hydroxylation sites is 1. The number of carbonyl (C=O) groups excluding carboxylic acids is 2. The Bertz CT molecular complexity index is 1010. The lowest BCUT2D eigenvalue weighted by atomic mass is 10.2. The summed E-state index contributed by atoms with van der Waals surface area (Å²) in [6.45, 7) is 1.84. The van der Waals surface area contributed by atoms with Gasteiger partial charge in [-0.2, -0.15) is 0 Å². The molecule has 1 N–H and O–H groups in total. The molecule has 0 spiro atoms. The first-order valence-electron chi connectivity index (χ1n) is 8.02. The Hall–Kier alpha value is -2.16. The number of thiophene rings is 1. The molecule has 140 valence electrons. The number of amides is 2. The zero-order chi connectivity index (χ0) is 19.6. The van der Waals surface area contributed by atoms with Gasteiger partial charge in [-0.05, 0) is 24.6 Å². The van der Waals surface area contributed by atoms with Crippen LogP contribution in [0.25, 0.3) is 10.2 Å². The molecule has 0 bridgehead atoms. The third kappa shape index (κ3) is 4.40. The second-order valence-corrected chi connectivity index (χ2v) is 8.24. The molecule has 0 aliphatic heterocycles. The lowest BCUT2D eigenvalue weighted by Gasteiger charge is -2.08. The van der Waals surface area contributed by atoms with Crippen LogP contribution in [0, 0.1) is 6.92 Å². The van der Waals surface area contributed by atoms with Gasteiger partial charge in [0.25, 0.3) is 5.91 Å². The van der Waals surface area contributed by atoms with E-state index in [-0.39, 0.29) is 22.7 Å². The van der Waals surface area contributed by atoms with Crippen LogP contribution in [0.1, 0.15) is 15.2 Å². The molecule has 0 aliphatic carbocycles. The predicted molar refractivity (Wildman–Crippen MR) is 111 cm³/mol. The van der Waals surface area contributed by atoms with Crippen LogP contribution in [-0.4, -0.2) is 46.5 Å². The number of hydrogen-bond donors (Lipinski definition) is 1. The van der Waals surface area contributed by atoms with Gasteiger partial charge in [-0.3, -0.25) is 9.59 Å². The monoisotopic (exact) mass is 420 g/mol. The van der Waals surface area contributed by atoms with Gasteiger partial charge < -0.3 is 10.2 Å². The van der Waals surface area contributed by atoms with Gasteiger partial charge in [-0.15, -0.1) is 11.3 Å². The largest absolute Gasteiger partial charge is 0.344 e. The van der Waals surface area contributed by atoms with E-state index in [1.54, 1.807) is 14.1 Å². The Morgan fingerprint density at radius 2 is 1.93 bits per heavy atom. The summed E-state index contributed by atoms with van der Waals surface area (Å²) in [7, 11) is 3.40. The Labute approximate surface area is 169 Å². The first-order chi connectivity index (χ1) is 12.9. The van der Waals surface area contributed by atoms with E-state index in [1.807, 2.05) is 37.3 Å². The van der Waals surface area contributed by atoms with Crippen molar-refractivity contribution >= 4 is 62.4 Å². The van der Waals surface area contributed by atoms with Crippen LogP contribution in [0.4, 0.5) is 5.69 Å². The molecule has 0 atom stereocenters. The number of rotatable bonds is 5. The fourth-order valence-corrected chi connectivity index (χ4v) is 4.71. The van der Waals surface area contributed by atoms with Gasteiger partial charge in [0.1, 0.15) is 9.98 Å². The average Bonchev–Trinajstić information content (AvgIpc) is 2.97. The highest BCUT2D eigenvalue weighted by Gasteiger charge is 2.21. The van der Waals surface area contributed by atoms with Crippen molar-refractivity contribution in [3.63, 3.8) is 0 Å². The summed E-state index contributed by atoms with van der Waals surface area (Å²) in [6, 6.07) is 9.23. The number of halogens is 1. The molecule has 2 aromatic heterocycles. The van der Waals surface area contributed by atoms with E-state index in [0.717, 1.165) is 11.3 Å². The quantitative estimate of drug-likeness (QED) is 0.382. The zero-order valence-electron chi connectivity index (χ0n) is 14.9. The van der Waals surface area contributed by atoms with Crippen molar-refractivity contribution in [1.29, 1.82) is 0 Å². The number of anilines is 1. The molecular formula is C18H17ClN4O2S2. The molecule has 0 unspecified atom stereocenters. The molecule has 0 radical (unpaired) electrons. The molecule has 0 saturated carbocycles. The van der Waals surface area contributed by atoms with Crippen LogP contribution in [-0.2, 0) is 4.79 Å². The van der Waals surface area contributed by atoms with Crippen molar-refractivity contribution in [2.75, 3.05) is 25.2 Å². The fraction of sp³-hybridized carbons (Fsp3) is 0.222. The highest BCUT2D eigenvalue weighted by molar-refractivity contribution is 7.99. The normalized spacial score (nSPS) is 10.8. The van der Waals surface area contributed by atoms with E-state index >= 15 is 0 Å². The van der Waals surface area contributed by atoms with E-state index in [2.05, 4.69) is 15.3 Å². The molecule has 3 rings (SSSR count). The minimum atomic E-state index is -0.156. The average molecular weight is 421 g/mol. The molecule has 9 heteroatoms. The second-order valence-electron chi connectivity index (χ2n) is 5.94. The Morgan fingerprint density at radius 1 is 1.22 bits per heavy atom. The van der Waals surface area contributed by atoms with Gasteiger partial charge >= 0.3 is 0 Å². The van der Waals surface area contributed by atoms with E-state index in [9.17, 15) is 9.59 Å². The van der Waals surface area contributed by atoms with Crippen LogP contribution < -0.4 is 5.32 Å². The molecule has 3 aromatic rings. The molecule has 6 nitrogen and oxygen atoms in total. The summed E-state index contributed by atoms with van der Waals surface area (Å²) in [5.74, 6) is -0.0928. The van der Waals surface area contributed by atoms with E-state index < -0.39 is 0 Å². The molecule has 1 aromatic carbocycles. The summed E-state index contributed by atoms with van der Waals surface area (Å²) in [6.07, 6.45) is 0. The zero-order valence-corrected chi connectivity index (χ0v) is 17.3. The lowest BCUT2D eigenvalue weighted by Crippen LogP contribution is -2.21. The van der Waals surface area contributed by atoms with E-state index in [4.69, 9.17) is 11.6 Å². The third-order valence-corrected chi connectivity index (χ3v) is 6.01. The lowest BCUT2D eigenvalue weighted by molar-refractivity contribution is -0.113. The fourth-order valence-electron chi connectivity index (χ4n) is 2.39. The molecular weight excluding hydrogens is 404 g/mol. The van der Waals surface area contributed by atoms with Crippen LogP contribution in [0.15, 0.2) is 35.5 Å². The molecule has 0 aliphatic rings. The van der Waals surface area contributed by atoms with Gasteiger partial charge in [-0.1, -0.05) is 41.6 Å². The molecule has 2 amide bonds. The van der Waals surface area contributed by atoms with E-state index in [1.165, 1.54) is 28.0 Å². The maximum Gasteiger partial charge on any atom is 0.263 e. The highest BCUT2D eigenvalue weighted by Crippen LogP contribution is 2.35. The highest BCUT2D eigenvalue weighted by atomic mass is 35.5. The van der Waals surface area contributed by atoms with Crippen molar-refractivity contribution in [1.82, 2.24) is 14.9 Å². The van der Waals surface area contributed by atoms with Crippen molar-refractivity contribution in [3.8, 4) is 0 Å². The smallest absolute Gasteiger partial charge is 0.263 e. The SMILES string of the molecule is Cc1c(C(=O)N(C)C)sc2nc(SCC(=O)Nc3ccccc3)nc(Cl)c12. The Balaban J connectivity index is 1.78. The Morgan fingerprint density at radius 3 is 2.59 bits per heavy atom. The predicted octanol–water partition coefficient (Wildman–Crippen LogP) is 4.09. The van der Waals surface area contributed by atoms with Crippen LogP contribution in [0.2, 0.25) is 5.15 Å². The number of benzene rings is 1. The van der Waals surface area contributed by atoms with E-state index in [0.29, 0.717) is 20.3 Å². The topological polar surface area (TPSA) is 75.2 Å². The van der Waals surface area contributed by atoms with Gasteiger partial charge in [0.2, 0.25) is 5.91 Å². The number of aryl methyl sites for hydroxylation is 1. The van der Waals surface area contributed by atoms with Crippen LogP contribution in [0.3, 0.4) is 0 Å². The number of fused-ring (bicyclic) bond motifs is 1. The minimum absolute atomic E-state index is 0.0944. The first-order valence-corrected chi connectivity index (χ1v) is 10.2. The van der Waals surface area contributed by atoms with Crippen molar-refractivity contribution < 1.29 is 9.59 Å². The standard InChI is InChI=1S/C18H17ClN4O2S2/c1-10-13-15(19)21-18(22-16(13)27-14(10)17(25)23(2)3)26-9-12(24)20-11-7-5-4-6-8-11/h4-8H,9H2,1-3H3,(H,20,24). The number of aromatic nitrogens is 2. The second kappa shape index (κ2) is 8.24. The summed E-state index contributed by atoms with van der Waals surface area (Å²) in [4.78, 5) is 35.9. The third-order valence-electron chi connectivity index (χ3n) is 3.72. The van der Waals surface area contributed by atoms with Gasteiger partial charge in [0.05, 0.1) is 16.0 Å². The number of nitrogens with one attached hydrogen (secondary N) is 1. The summed E-state index contributed by atoms with van der Waals surface area (Å²) in [5.41, 5.74) is 1.51. The summed E-state index contributed by atoms with van der Waals surface area (Å²) in [5, 5.41) is 4.19. The number of thioether (sulfide) groups is 1. The number of nitrogens with zero attached hydrogens (tertiary/aromatic N) is 3. The molecule has 27 heavy (non-hydrogen) atoms. The minimum Gasteiger partial charge on any atom is -0.344 e. The number of hydrogen-bond acceptors (Lipinski definition) is 6. The van der Waals surface area contributed by atoms with Crippen molar-refractivity contribution in [3.05, 3.63) is 45.9 Å². The summed E-state index contributed by atoms with van der Waals surface area (Å²) < 4.78 is 0.